The summed E-state index contributed by atoms with van der Waals surface area (Å²) >= 11 is 0. The van der Waals surface area contributed by atoms with Gasteiger partial charge in [0.25, 0.3) is 0 Å². The summed E-state index contributed by atoms with van der Waals surface area (Å²) in [7, 11) is 3.08. The van der Waals surface area contributed by atoms with Crippen LogP contribution in [-0.4, -0.2) is 69.0 Å². The Morgan fingerprint density at radius 3 is 2.42 bits per heavy atom. The van der Waals surface area contributed by atoms with E-state index in [4.69, 9.17) is 0 Å². The minimum Gasteiger partial charge on any atom is -0.396 e. The monoisotopic (exact) mass is 488 g/mol. The van der Waals surface area contributed by atoms with E-state index in [2.05, 4.69) is 15.6 Å². The molecule has 0 heterocycles. The first-order valence-corrected chi connectivity index (χ1v) is 8.21. The fraction of sp³-hybridized carbons (Fsp3) is 0.588. The number of alkyl halides is 3. The molecule has 9 heteroatoms. The molecule has 0 saturated carbocycles. The number of nitrogens with zero attached hydrogens (tertiary/aromatic N) is 2. The standard InChI is InChI=1S/C17H27F3N4O.HI/c1-21-16(22-9-6-10-24(2)13-17(18,19)20)23-11-15(12-25)14-7-4-3-5-8-14;/h3-5,7-8,15,25H,6,9-13H2,1-2H3,(H2,21,22,23);1H. The molecule has 1 aromatic carbocycles. The van der Waals surface area contributed by atoms with E-state index in [1.165, 1.54) is 11.9 Å². The number of aliphatic imine (C=N–C) groups is 1. The first kappa shape index (κ1) is 24.9. The maximum absolute atomic E-state index is 12.2. The highest BCUT2D eigenvalue weighted by Crippen LogP contribution is 2.15. The van der Waals surface area contributed by atoms with E-state index in [0.29, 0.717) is 32.0 Å². The van der Waals surface area contributed by atoms with Crippen molar-refractivity contribution in [3.8, 4) is 0 Å². The topological polar surface area (TPSA) is 59.9 Å². The molecule has 0 aliphatic heterocycles. The van der Waals surface area contributed by atoms with Crippen LogP contribution in [0, 0.1) is 0 Å². The minimum atomic E-state index is -4.17. The normalized spacial score (nSPS) is 13.3. The molecule has 0 aromatic heterocycles. The number of nitrogens with one attached hydrogen (secondary N) is 2. The number of hydrogen-bond acceptors (Lipinski definition) is 3. The third-order valence-electron chi connectivity index (χ3n) is 3.69. The van der Waals surface area contributed by atoms with Crippen molar-refractivity contribution in [2.75, 3.05) is 46.9 Å². The van der Waals surface area contributed by atoms with Crippen LogP contribution in [-0.2, 0) is 0 Å². The number of hydrogen-bond donors (Lipinski definition) is 3. The van der Waals surface area contributed by atoms with Gasteiger partial charge in [-0.15, -0.1) is 24.0 Å². The lowest BCUT2D eigenvalue weighted by molar-refractivity contribution is -0.143. The molecule has 5 nitrogen and oxygen atoms in total. The summed E-state index contributed by atoms with van der Waals surface area (Å²) in [5.41, 5.74) is 1.03. The number of halogens is 4. The lowest BCUT2D eigenvalue weighted by Gasteiger charge is -2.20. The van der Waals surface area contributed by atoms with Gasteiger partial charge in [-0.05, 0) is 25.6 Å². The van der Waals surface area contributed by atoms with Gasteiger partial charge in [0.05, 0.1) is 13.2 Å². The molecule has 0 aliphatic rings. The lowest BCUT2D eigenvalue weighted by Crippen LogP contribution is -2.41. The zero-order valence-electron chi connectivity index (χ0n) is 15.1. The molecule has 0 radical (unpaired) electrons. The van der Waals surface area contributed by atoms with Crippen molar-refractivity contribution in [2.24, 2.45) is 4.99 Å². The molecule has 0 bridgehead atoms. The Kier molecular flexibility index (Phi) is 12.6. The Labute approximate surface area is 170 Å². The minimum absolute atomic E-state index is 0. The summed E-state index contributed by atoms with van der Waals surface area (Å²) in [5, 5.41) is 15.7. The molecule has 1 unspecified atom stereocenters. The summed E-state index contributed by atoms with van der Waals surface area (Å²) in [4.78, 5) is 5.33. The van der Waals surface area contributed by atoms with Gasteiger partial charge in [0.2, 0.25) is 0 Å². The largest absolute Gasteiger partial charge is 0.401 e. The van der Waals surface area contributed by atoms with E-state index < -0.39 is 12.7 Å². The quantitative estimate of drug-likeness (QED) is 0.216. The van der Waals surface area contributed by atoms with Gasteiger partial charge < -0.3 is 15.7 Å². The Morgan fingerprint density at radius 1 is 1.23 bits per heavy atom. The number of benzene rings is 1. The smallest absolute Gasteiger partial charge is 0.396 e. The van der Waals surface area contributed by atoms with Crippen molar-refractivity contribution in [1.82, 2.24) is 15.5 Å². The third kappa shape index (κ3) is 10.8. The highest BCUT2D eigenvalue weighted by atomic mass is 127. The molecule has 150 valence electrons. The lowest BCUT2D eigenvalue weighted by atomic mass is 10.0. The predicted molar refractivity (Wildman–Crippen MR) is 109 cm³/mol. The summed E-state index contributed by atoms with van der Waals surface area (Å²) < 4.78 is 36.7. The molecule has 0 saturated heterocycles. The van der Waals surface area contributed by atoms with Crippen molar-refractivity contribution in [3.05, 3.63) is 35.9 Å². The van der Waals surface area contributed by atoms with Gasteiger partial charge in [-0.3, -0.25) is 9.89 Å². The first-order valence-electron chi connectivity index (χ1n) is 8.21. The first-order chi connectivity index (χ1) is 11.9. The summed E-state index contributed by atoms with van der Waals surface area (Å²) in [5.74, 6) is 0.505. The molecule has 1 aromatic rings. The fourth-order valence-electron chi connectivity index (χ4n) is 2.39. The van der Waals surface area contributed by atoms with Crippen LogP contribution in [0.3, 0.4) is 0 Å². The highest BCUT2D eigenvalue weighted by Gasteiger charge is 2.28. The molecular formula is C17H28F3IN4O. The average molecular weight is 488 g/mol. The summed E-state index contributed by atoms with van der Waals surface area (Å²) in [6.07, 6.45) is -3.61. The van der Waals surface area contributed by atoms with Crippen LogP contribution in [0.15, 0.2) is 35.3 Å². The number of guanidine groups is 1. The van der Waals surface area contributed by atoms with E-state index in [1.54, 1.807) is 7.05 Å². The molecule has 1 rings (SSSR count). The zero-order valence-corrected chi connectivity index (χ0v) is 17.4. The second-order valence-electron chi connectivity index (χ2n) is 5.88. The van der Waals surface area contributed by atoms with E-state index in [9.17, 15) is 18.3 Å². The van der Waals surface area contributed by atoms with Crippen molar-refractivity contribution in [2.45, 2.75) is 18.5 Å². The third-order valence-corrected chi connectivity index (χ3v) is 3.69. The molecule has 3 N–H and O–H groups in total. The van der Waals surface area contributed by atoms with Gasteiger partial charge >= 0.3 is 6.18 Å². The molecule has 26 heavy (non-hydrogen) atoms. The SMILES string of the molecule is CN=C(NCCCN(C)CC(F)(F)F)NCC(CO)c1ccccc1.I. The van der Waals surface area contributed by atoms with Gasteiger partial charge in [-0.2, -0.15) is 13.2 Å². The van der Waals surface area contributed by atoms with Crippen molar-refractivity contribution in [1.29, 1.82) is 0 Å². The Hall–Kier alpha value is -1.07. The van der Waals surface area contributed by atoms with Crippen molar-refractivity contribution < 1.29 is 18.3 Å². The van der Waals surface area contributed by atoms with Crippen LogP contribution in [0.25, 0.3) is 0 Å². The number of aliphatic hydroxyl groups is 1. The second-order valence-corrected chi connectivity index (χ2v) is 5.88. The molecule has 1 atom stereocenters. The fourth-order valence-corrected chi connectivity index (χ4v) is 2.39. The maximum atomic E-state index is 12.2. The van der Waals surface area contributed by atoms with Crippen molar-refractivity contribution >= 4 is 29.9 Å². The Bertz CT molecular complexity index is 514. The van der Waals surface area contributed by atoms with Gasteiger partial charge in [0.1, 0.15) is 0 Å². The second kappa shape index (κ2) is 13.2. The summed E-state index contributed by atoms with van der Waals surface area (Å²) in [6.45, 7) is 0.462. The predicted octanol–water partition coefficient (Wildman–Crippen LogP) is 2.43. The highest BCUT2D eigenvalue weighted by molar-refractivity contribution is 14.0. The molecule has 0 aliphatic carbocycles. The van der Waals surface area contributed by atoms with Gasteiger partial charge in [-0.25, -0.2) is 0 Å². The van der Waals surface area contributed by atoms with Gasteiger partial charge in [-0.1, -0.05) is 30.3 Å². The van der Waals surface area contributed by atoms with Crippen LogP contribution >= 0.6 is 24.0 Å². The summed E-state index contributed by atoms with van der Waals surface area (Å²) in [6, 6.07) is 9.66. The molecule has 0 spiro atoms. The van der Waals surface area contributed by atoms with E-state index in [1.807, 2.05) is 30.3 Å². The number of aliphatic hydroxyl groups excluding tert-OH is 1. The van der Waals surface area contributed by atoms with Crippen molar-refractivity contribution in [3.63, 3.8) is 0 Å². The van der Waals surface area contributed by atoms with Crippen LogP contribution < -0.4 is 10.6 Å². The molecule has 0 fully saturated rings. The van der Waals surface area contributed by atoms with E-state index >= 15 is 0 Å². The zero-order chi connectivity index (χ0) is 18.7. The van der Waals surface area contributed by atoms with Crippen LogP contribution in [0.2, 0.25) is 0 Å². The number of rotatable bonds is 9. The van der Waals surface area contributed by atoms with Gasteiger partial charge in [0, 0.05) is 26.1 Å². The van der Waals surface area contributed by atoms with Crippen LogP contribution in [0.5, 0.6) is 0 Å². The van der Waals surface area contributed by atoms with Crippen LogP contribution in [0.1, 0.15) is 17.9 Å². The molecular weight excluding hydrogens is 460 g/mol. The van der Waals surface area contributed by atoms with E-state index in [-0.39, 0.29) is 36.5 Å². The van der Waals surface area contributed by atoms with Gasteiger partial charge in [0.15, 0.2) is 5.96 Å². The van der Waals surface area contributed by atoms with E-state index in [0.717, 1.165) is 5.56 Å². The van der Waals surface area contributed by atoms with Crippen LogP contribution in [0.4, 0.5) is 13.2 Å². The Balaban J connectivity index is 0.00000625. The maximum Gasteiger partial charge on any atom is 0.401 e. The average Bonchev–Trinajstić information content (AvgIpc) is 2.56. The molecule has 0 amide bonds. The Morgan fingerprint density at radius 2 is 1.88 bits per heavy atom.